The molecular formula is C29H41N3Ti. The Kier molecular flexibility index (Phi) is 34.7. The first-order valence-corrected chi connectivity index (χ1v) is 10.7. The summed E-state index contributed by atoms with van der Waals surface area (Å²) in [4.78, 5) is 0. The summed E-state index contributed by atoms with van der Waals surface area (Å²) < 4.78 is 0. The molecule has 1 aliphatic rings. The van der Waals surface area contributed by atoms with Crippen molar-refractivity contribution in [2.24, 2.45) is 0 Å². The van der Waals surface area contributed by atoms with E-state index in [1.54, 1.807) is 42.3 Å². The molecule has 2 aromatic carbocycles. The molecule has 0 fully saturated rings. The average molecular weight is 480 g/mol. The molecule has 0 saturated heterocycles. The van der Waals surface area contributed by atoms with Crippen LogP contribution in [0.1, 0.15) is 17.5 Å². The van der Waals surface area contributed by atoms with Crippen molar-refractivity contribution < 1.29 is 21.7 Å². The summed E-state index contributed by atoms with van der Waals surface area (Å²) in [5.41, 5.74) is 2.70. The first-order valence-electron chi connectivity index (χ1n) is 10.7. The molecule has 176 valence electrons. The Hall–Kier alpha value is -2.01. The van der Waals surface area contributed by atoms with Gasteiger partial charge in [-0.15, -0.1) is 6.42 Å². The van der Waals surface area contributed by atoms with Crippen LogP contribution in [-0.2, 0) is 34.6 Å². The molecule has 0 radical (unpaired) electrons. The van der Waals surface area contributed by atoms with Gasteiger partial charge >= 0.3 is 21.7 Å². The molecule has 0 spiro atoms. The molecule has 2 aromatic rings. The molecule has 33 heavy (non-hydrogen) atoms. The van der Waals surface area contributed by atoms with Crippen molar-refractivity contribution >= 4 is 0 Å². The Bertz CT molecular complexity index is 644. The van der Waals surface area contributed by atoms with E-state index in [2.05, 4.69) is 101 Å². The second kappa shape index (κ2) is 32.2. The molecule has 0 bridgehead atoms. The van der Waals surface area contributed by atoms with Crippen LogP contribution in [0.5, 0.6) is 0 Å². The predicted molar refractivity (Wildman–Crippen MR) is 146 cm³/mol. The third-order valence-electron chi connectivity index (χ3n) is 3.36. The second-order valence-corrected chi connectivity index (χ2v) is 6.58. The van der Waals surface area contributed by atoms with E-state index in [-0.39, 0.29) is 21.7 Å². The standard InChI is InChI=1S/C18H18.C5H5.3C2H6N.Ti/c1(5-11-17-13-7-3-8-14-17)2-6-12-18-15-9-4-10-16-18;1-2-4-5-3-1;3*1-3-2;/h1-10,13-16H,11-12H2;1-3H,4H2;3*1-2H3;/q;4*-1;+4. The minimum Gasteiger partial charge on any atom is -0.668 e. The van der Waals surface area contributed by atoms with E-state index in [0.717, 1.165) is 19.3 Å². The Labute approximate surface area is 219 Å². The quantitative estimate of drug-likeness (QED) is 0.239. The van der Waals surface area contributed by atoms with Gasteiger partial charge in [-0.1, -0.05) is 85.0 Å². The van der Waals surface area contributed by atoms with E-state index in [0.29, 0.717) is 0 Å². The molecule has 0 amide bonds. The zero-order chi connectivity index (χ0) is 24.1. The van der Waals surface area contributed by atoms with Crippen LogP contribution in [0.25, 0.3) is 16.0 Å². The maximum atomic E-state index is 3.50. The summed E-state index contributed by atoms with van der Waals surface area (Å²) in [5, 5.41) is 10.5. The molecule has 3 rings (SSSR count). The topological polar surface area (TPSA) is 42.3 Å². The number of benzene rings is 2. The van der Waals surface area contributed by atoms with Crippen LogP contribution in [0.4, 0.5) is 0 Å². The largest absolute Gasteiger partial charge is 4.00 e. The predicted octanol–water partition coefficient (Wildman–Crippen LogP) is 7.75. The first-order chi connectivity index (χ1) is 15.7. The molecule has 0 aliphatic heterocycles. The summed E-state index contributed by atoms with van der Waals surface area (Å²) in [6.45, 7) is 0. The number of rotatable bonds is 5. The third kappa shape index (κ3) is 30.0. The van der Waals surface area contributed by atoms with Crippen molar-refractivity contribution in [2.45, 2.75) is 19.3 Å². The molecule has 0 N–H and O–H groups in total. The van der Waals surface area contributed by atoms with Crippen LogP contribution in [0.3, 0.4) is 0 Å². The summed E-state index contributed by atoms with van der Waals surface area (Å²) in [5.74, 6) is 0. The summed E-state index contributed by atoms with van der Waals surface area (Å²) >= 11 is 0. The fraction of sp³-hybridized carbons (Fsp3) is 0.310. The first kappa shape index (κ1) is 35.6. The van der Waals surface area contributed by atoms with Gasteiger partial charge in [0.2, 0.25) is 0 Å². The molecular weight excluding hydrogens is 438 g/mol. The summed E-state index contributed by atoms with van der Waals surface area (Å²) in [7, 11) is 10.5. The van der Waals surface area contributed by atoms with Gasteiger partial charge in [0.25, 0.3) is 0 Å². The minimum atomic E-state index is 0. The maximum Gasteiger partial charge on any atom is 4.00 e. The zero-order valence-electron chi connectivity index (χ0n) is 21.3. The van der Waals surface area contributed by atoms with Gasteiger partial charge in [0.1, 0.15) is 0 Å². The Morgan fingerprint density at radius 1 is 0.667 bits per heavy atom. The van der Waals surface area contributed by atoms with Crippen LogP contribution in [0.2, 0.25) is 0 Å². The van der Waals surface area contributed by atoms with E-state index in [1.807, 2.05) is 24.3 Å². The van der Waals surface area contributed by atoms with Crippen LogP contribution < -0.4 is 0 Å². The van der Waals surface area contributed by atoms with Crippen LogP contribution in [0, 0.1) is 6.08 Å². The van der Waals surface area contributed by atoms with Crippen LogP contribution in [-0.4, -0.2) is 42.3 Å². The average Bonchev–Trinajstić information content (AvgIpc) is 3.40. The number of allylic oxidation sites excluding steroid dienone is 8. The van der Waals surface area contributed by atoms with Gasteiger partial charge in [-0.05, 0) is 24.0 Å². The zero-order valence-corrected chi connectivity index (χ0v) is 22.8. The Morgan fingerprint density at radius 3 is 1.27 bits per heavy atom. The van der Waals surface area contributed by atoms with E-state index in [1.165, 1.54) is 11.1 Å². The van der Waals surface area contributed by atoms with Gasteiger partial charge in [-0.25, -0.2) is 12.2 Å². The number of hydrogen-bond donors (Lipinski definition) is 0. The van der Waals surface area contributed by atoms with Gasteiger partial charge in [-0.2, -0.15) is 48.4 Å². The van der Waals surface area contributed by atoms with E-state index < -0.39 is 0 Å². The molecule has 0 heterocycles. The van der Waals surface area contributed by atoms with Gasteiger partial charge in [-0.3, -0.25) is 6.08 Å². The van der Waals surface area contributed by atoms with Gasteiger partial charge in [0, 0.05) is 0 Å². The van der Waals surface area contributed by atoms with Crippen molar-refractivity contribution in [1.82, 2.24) is 0 Å². The van der Waals surface area contributed by atoms with Crippen LogP contribution in [0.15, 0.2) is 103 Å². The van der Waals surface area contributed by atoms with Crippen molar-refractivity contribution in [3.05, 3.63) is 136 Å². The number of nitrogens with zero attached hydrogens (tertiary/aromatic N) is 3. The fourth-order valence-electron chi connectivity index (χ4n) is 2.13. The Morgan fingerprint density at radius 2 is 1.03 bits per heavy atom. The normalized spacial score (nSPS) is 10.5. The van der Waals surface area contributed by atoms with E-state index >= 15 is 0 Å². The Balaban J connectivity index is -0.000000494. The minimum absolute atomic E-state index is 0. The monoisotopic (exact) mass is 479 g/mol. The van der Waals surface area contributed by atoms with E-state index in [4.69, 9.17) is 0 Å². The molecule has 3 nitrogen and oxygen atoms in total. The molecule has 1 aliphatic carbocycles. The van der Waals surface area contributed by atoms with Gasteiger partial charge in [0.05, 0.1) is 0 Å². The number of hydrogen-bond acceptors (Lipinski definition) is 0. The molecule has 0 atom stereocenters. The second-order valence-electron chi connectivity index (χ2n) is 6.58. The smallest absolute Gasteiger partial charge is 0.668 e. The van der Waals surface area contributed by atoms with Crippen molar-refractivity contribution in [3.8, 4) is 0 Å². The van der Waals surface area contributed by atoms with Crippen molar-refractivity contribution in [2.75, 3.05) is 42.3 Å². The molecule has 4 heteroatoms. The SMILES string of the molecule is C(C=CCc1ccccc1)=CCc1ccccc1.C[N-]C.C[N-]C.C[N-]C.[C-]1=CC=CC1.[Ti+4]. The third-order valence-corrected chi connectivity index (χ3v) is 3.36. The van der Waals surface area contributed by atoms with Crippen molar-refractivity contribution in [1.29, 1.82) is 0 Å². The molecule has 0 aromatic heterocycles. The fourth-order valence-corrected chi connectivity index (χ4v) is 2.13. The van der Waals surface area contributed by atoms with Crippen LogP contribution >= 0.6 is 0 Å². The van der Waals surface area contributed by atoms with Gasteiger partial charge < -0.3 is 16.0 Å². The summed E-state index contributed by atoms with van der Waals surface area (Å²) in [6, 6.07) is 21.0. The molecule has 0 saturated carbocycles. The van der Waals surface area contributed by atoms with Crippen molar-refractivity contribution in [3.63, 3.8) is 0 Å². The van der Waals surface area contributed by atoms with E-state index in [9.17, 15) is 0 Å². The molecule has 0 unspecified atom stereocenters. The van der Waals surface area contributed by atoms with Gasteiger partial charge in [0.15, 0.2) is 0 Å². The summed E-state index contributed by atoms with van der Waals surface area (Å²) in [6.07, 6.45) is 20.6. The maximum absolute atomic E-state index is 3.50.